The van der Waals surface area contributed by atoms with Crippen LogP contribution in [0.2, 0.25) is 0 Å². The van der Waals surface area contributed by atoms with Gasteiger partial charge in [0.25, 0.3) is 5.91 Å². The maximum Gasteiger partial charge on any atom is 0.279 e. The third-order valence-electron chi connectivity index (χ3n) is 4.26. The van der Waals surface area contributed by atoms with Gasteiger partial charge in [-0.3, -0.25) is 4.79 Å². The van der Waals surface area contributed by atoms with Crippen molar-refractivity contribution in [2.75, 3.05) is 19.0 Å². The Morgan fingerprint density at radius 2 is 1.84 bits per heavy atom. The molecule has 0 aliphatic heterocycles. The van der Waals surface area contributed by atoms with Crippen LogP contribution >= 0.6 is 11.3 Å². The predicted octanol–water partition coefficient (Wildman–Crippen LogP) is 4.15. The van der Waals surface area contributed by atoms with Gasteiger partial charge in [-0.1, -0.05) is 17.4 Å². The molecule has 0 N–H and O–H groups in total. The van der Waals surface area contributed by atoms with E-state index in [9.17, 15) is 4.79 Å². The van der Waals surface area contributed by atoms with Crippen LogP contribution in [0.5, 0.6) is 0 Å². The number of carbonyl (C=O) groups is 1. The fourth-order valence-electron chi connectivity index (χ4n) is 2.96. The Morgan fingerprint density at radius 3 is 2.44 bits per heavy atom. The minimum atomic E-state index is -0.201. The number of hydrogen-bond donors (Lipinski definition) is 0. The number of thiazole rings is 1. The second-order valence-corrected chi connectivity index (χ2v) is 7.39. The molecule has 0 aliphatic rings. The van der Waals surface area contributed by atoms with Crippen LogP contribution in [-0.2, 0) is 6.54 Å². The van der Waals surface area contributed by atoms with Crippen LogP contribution in [0.25, 0.3) is 10.2 Å². The first-order valence-electron chi connectivity index (χ1n) is 8.37. The third-order valence-corrected chi connectivity index (χ3v) is 5.49. The van der Waals surface area contributed by atoms with Gasteiger partial charge in [0.2, 0.25) is 0 Å². The highest BCUT2D eigenvalue weighted by atomic mass is 32.1. The molecule has 0 atom stereocenters. The van der Waals surface area contributed by atoms with Crippen molar-refractivity contribution in [3.05, 3.63) is 57.9 Å². The molecule has 2 aromatic carbocycles. The summed E-state index contributed by atoms with van der Waals surface area (Å²) < 4.78 is 3.31. The molecule has 1 aromatic heterocycles. The maximum absolute atomic E-state index is 12.6. The van der Waals surface area contributed by atoms with E-state index in [1.807, 2.05) is 43.3 Å². The van der Waals surface area contributed by atoms with E-state index in [2.05, 4.69) is 42.5 Å². The third kappa shape index (κ3) is 3.37. The Labute approximate surface area is 152 Å². The van der Waals surface area contributed by atoms with Crippen molar-refractivity contribution < 1.29 is 4.79 Å². The van der Waals surface area contributed by atoms with E-state index < -0.39 is 0 Å². The monoisotopic (exact) mass is 353 g/mol. The van der Waals surface area contributed by atoms with Crippen molar-refractivity contribution in [3.8, 4) is 0 Å². The number of rotatable bonds is 3. The number of benzene rings is 2. The molecule has 0 bridgehead atoms. The maximum atomic E-state index is 12.6. The molecule has 0 saturated heterocycles. The molecule has 0 fully saturated rings. The molecule has 3 rings (SSSR count). The molecular weight excluding hydrogens is 330 g/mol. The van der Waals surface area contributed by atoms with Gasteiger partial charge in [-0.15, -0.1) is 0 Å². The van der Waals surface area contributed by atoms with E-state index in [4.69, 9.17) is 0 Å². The zero-order valence-corrected chi connectivity index (χ0v) is 16.1. The minimum absolute atomic E-state index is 0.201. The number of aryl methyl sites for hydroxylation is 3. The van der Waals surface area contributed by atoms with Crippen LogP contribution in [0.15, 0.2) is 41.4 Å². The average molecular weight is 353 g/mol. The van der Waals surface area contributed by atoms with Crippen molar-refractivity contribution in [1.82, 2.24) is 4.57 Å². The number of fused-ring (bicyclic) bond motifs is 1. The van der Waals surface area contributed by atoms with E-state index in [0.29, 0.717) is 5.56 Å². The van der Waals surface area contributed by atoms with Crippen molar-refractivity contribution in [3.63, 3.8) is 0 Å². The molecule has 0 radical (unpaired) electrons. The molecule has 3 aromatic rings. The van der Waals surface area contributed by atoms with Crippen LogP contribution in [0, 0.1) is 13.8 Å². The molecule has 1 heterocycles. The Kier molecular flexibility index (Phi) is 4.77. The molecule has 0 unspecified atom stereocenters. The lowest BCUT2D eigenvalue weighted by atomic mass is 10.1. The number of carbonyl (C=O) groups excluding carboxylic acids is 1. The predicted molar refractivity (Wildman–Crippen MR) is 106 cm³/mol. The largest absolute Gasteiger partial charge is 0.378 e. The van der Waals surface area contributed by atoms with Gasteiger partial charge in [-0.25, -0.2) is 0 Å². The molecular formula is C20H23N3OS. The quantitative estimate of drug-likeness (QED) is 0.709. The van der Waals surface area contributed by atoms with Crippen LogP contribution < -0.4 is 9.70 Å². The summed E-state index contributed by atoms with van der Waals surface area (Å²) in [6.07, 6.45) is 0. The van der Waals surface area contributed by atoms with Crippen molar-refractivity contribution in [2.45, 2.75) is 27.3 Å². The van der Waals surface area contributed by atoms with Gasteiger partial charge >= 0.3 is 0 Å². The molecule has 0 spiro atoms. The highest BCUT2D eigenvalue weighted by molar-refractivity contribution is 7.16. The SMILES string of the molecule is CCn1c(=NC(=O)c2ccc(N(C)C)cc2)sc2c(C)cc(C)cc21. The fraction of sp³-hybridized carbons (Fsp3) is 0.300. The first-order chi connectivity index (χ1) is 11.9. The molecule has 130 valence electrons. The summed E-state index contributed by atoms with van der Waals surface area (Å²) >= 11 is 1.58. The van der Waals surface area contributed by atoms with Gasteiger partial charge in [-0.05, 0) is 62.2 Å². The minimum Gasteiger partial charge on any atom is -0.378 e. The Hall–Kier alpha value is -2.40. The van der Waals surface area contributed by atoms with Crippen LogP contribution in [0.4, 0.5) is 5.69 Å². The molecule has 1 amide bonds. The lowest BCUT2D eigenvalue weighted by Gasteiger charge is -2.11. The zero-order chi connectivity index (χ0) is 18.1. The van der Waals surface area contributed by atoms with E-state index in [1.165, 1.54) is 15.8 Å². The summed E-state index contributed by atoms with van der Waals surface area (Å²) in [5, 5.41) is 0. The van der Waals surface area contributed by atoms with E-state index in [0.717, 1.165) is 22.6 Å². The summed E-state index contributed by atoms with van der Waals surface area (Å²) in [6, 6.07) is 11.9. The molecule has 0 aliphatic carbocycles. The number of nitrogens with zero attached hydrogens (tertiary/aromatic N) is 3. The molecule has 4 nitrogen and oxygen atoms in total. The average Bonchev–Trinajstić information content (AvgIpc) is 2.92. The standard InChI is InChI=1S/C20H23N3OS/c1-6-23-17-12-13(2)11-14(3)18(17)25-20(23)21-19(24)15-7-9-16(10-8-15)22(4)5/h7-12H,6H2,1-5H3. The normalized spacial score (nSPS) is 12.0. The zero-order valence-electron chi connectivity index (χ0n) is 15.3. The molecule has 25 heavy (non-hydrogen) atoms. The summed E-state index contributed by atoms with van der Waals surface area (Å²) in [7, 11) is 3.96. The summed E-state index contributed by atoms with van der Waals surface area (Å²) in [5.41, 5.74) is 5.28. The number of amides is 1. The number of anilines is 1. The van der Waals surface area contributed by atoms with Gasteiger partial charge in [0.15, 0.2) is 4.80 Å². The Balaban J connectivity index is 2.08. The lowest BCUT2D eigenvalue weighted by Crippen LogP contribution is -2.16. The van der Waals surface area contributed by atoms with E-state index in [-0.39, 0.29) is 5.91 Å². The van der Waals surface area contributed by atoms with Gasteiger partial charge in [0.1, 0.15) is 0 Å². The van der Waals surface area contributed by atoms with Crippen molar-refractivity contribution in [1.29, 1.82) is 0 Å². The first-order valence-corrected chi connectivity index (χ1v) is 9.19. The fourth-order valence-corrected chi connectivity index (χ4v) is 4.10. The first kappa shape index (κ1) is 17.4. The van der Waals surface area contributed by atoms with Crippen LogP contribution in [0.1, 0.15) is 28.4 Å². The lowest BCUT2D eigenvalue weighted by molar-refractivity contribution is 0.0998. The Bertz CT molecular complexity index is 994. The molecule has 5 heteroatoms. The number of hydrogen-bond acceptors (Lipinski definition) is 3. The van der Waals surface area contributed by atoms with Crippen molar-refractivity contribution in [2.24, 2.45) is 4.99 Å². The van der Waals surface area contributed by atoms with Crippen molar-refractivity contribution >= 4 is 33.1 Å². The smallest absolute Gasteiger partial charge is 0.279 e. The summed E-state index contributed by atoms with van der Waals surface area (Å²) in [4.78, 5) is 19.8. The van der Waals surface area contributed by atoms with Gasteiger partial charge in [0.05, 0.1) is 10.2 Å². The summed E-state index contributed by atoms with van der Waals surface area (Å²) in [6.45, 7) is 7.07. The second-order valence-electron chi connectivity index (χ2n) is 6.42. The van der Waals surface area contributed by atoms with E-state index in [1.54, 1.807) is 11.3 Å². The van der Waals surface area contributed by atoms with Gasteiger partial charge in [0, 0.05) is 31.9 Å². The summed E-state index contributed by atoms with van der Waals surface area (Å²) in [5.74, 6) is -0.201. The second kappa shape index (κ2) is 6.84. The molecule has 0 saturated carbocycles. The van der Waals surface area contributed by atoms with Gasteiger partial charge in [-0.2, -0.15) is 4.99 Å². The highest BCUT2D eigenvalue weighted by Crippen LogP contribution is 2.23. The van der Waals surface area contributed by atoms with Crippen LogP contribution in [-0.4, -0.2) is 24.6 Å². The number of aromatic nitrogens is 1. The van der Waals surface area contributed by atoms with E-state index >= 15 is 0 Å². The van der Waals surface area contributed by atoms with Crippen LogP contribution in [0.3, 0.4) is 0 Å². The highest BCUT2D eigenvalue weighted by Gasteiger charge is 2.10. The topological polar surface area (TPSA) is 37.6 Å². The Morgan fingerprint density at radius 1 is 1.16 bits per heavy atom. The van der Waals surface area contributed by atoms with Gasteiger partial charge < -0.3 is 9.47 Å².